The zero-order valence-electron chi connectivity index (χ0n) is 11.1. The molecule has 0 radical (unpaired) electrons. The van der Waals surface area contributed by atoms with Crippen molar-refractivity contribution in [3.05, 3.63) is 29.3 Å². The number of rotatable bonds is 4. The Kier molecular flexibility index (Phi) is 4.29. The van der Waals surface area contributed by atoms with Gasteiger partial charge in [0.15, 0.2) is 0 Å². The largest absolute Gasteiger partial charge is 0.324 e. The number of nitrogens with one attached hydrogen (secondary N) is 1. The summed E-state index contributed by atoms with van der Waals surface area (Å²) in [4.78, 5) is 12.0. The molecule has 0 saturated carbocycles. The van der Waals surface area contributed by atoms with Gasteiger partial charge in [0.2, 0.25) is 5.91 Å². The van der Waals surface area contributed by atoms with Crippen molar-refractivity contribution >= 4 is 11.6 Å². The quantitative estimate of drug-likeness (QED) is 0.841. The highest BCUT2D eigenvalue weighted by Gasteiger charge is 2.27. The molecule has 0 aliphatic carbocycles. The summed E-state index contributed by atoms with van der Waals surface area (Å²) in [5, 5.41) is 2.90. The molecule has 1 rings (SSSR count). The Balaban J connectivity index is 2.81. The number of benzene rings is 1. The molecule has 1 amide bonds. The van der Waals surface area contributed by atoms with Crippen molar-refractivity contribution in [1.29, 1.82) is 0 Å². The molecule has 1 unspecified atom stereocenters. The zero-order chi connectivity index (χ0) is 13.1. The van der Waals surface area contributed by atoms with Crippen LogP contribution in [0.4, 0.5) is 5.69 Å². The number of nitrogens with two attached hydrogens (primary N) is 1. The molecule has 0 aliphatic heterocycles. The Morgan fingerprint density at radius 3 is 2.59 bits per heavy atom. The molecule has 0 spiro atoms. The first-order chi connectivity index (χ1) is 7.86. The van der Waals surface area contributed by atoms with Crippen LogP contribution in [0.15, 0.2) is 18.2 Å². The van der Waals surface area contributed by atoms with Gasteiger partial charge in [-0.2, -0.15) is 0 Å². The van der Waals surface area contributed by atoms with E-state index in [9.17, 15) is 4.79 Å². The summed E-state index contributed by atoms with van der Waals surface area (Å²) in [5.41, 5.74) is 8.27. The van der Waals surface area contributed by atoms with E-state index in [4.69, 9.17) is 5.73 Å². The van der Waals surface area contributed by atoms with Crippen LogP contribution in [0.25, 0.3) is 0 Å². The van der Waals surface area contributed by atoms with Crippen LogP contribution in [-0.4, -0.2) is 11.4 Å². The third-order valence-corrected chi connectivity index (χ3v) is 2.92. The van der Waals surface area contributed by atoms with Crippen LogP contribution in [0.3, 0.4) is 0 Å². The Morgan fingerprint density at radius 1 is 1.41 bits per heavy atom. The maximum atomic E-state index is 12.0. The summed E-state index contributed by atoms with van der Waals surface area (Å²) in [7, 11) is 0. The van der Waals surface area contributed by atoms with Crippen LogP contribution < -0.4 is 11.1 Å². The van der Waals surface area contributed by atoms with Crippen LogP contribution in [0.1, 0.15) is 37.8 Å². The molecule has 3 nitrogen and oxygen atoms in total. The Bertz CT molecular complexity index is 411. The number of aryl methyl sites for hydroxylation is 2. The van der Waals surface area contributed by atoms with E-state index in [1.165, 1.54) is 5.56 Å². The van der Waals surface area contributed by atoms with Crippen LogP contribution >= 0.6 is 0 Å². The van der Waals surface area contributed by atoms with Gasteiger partial charge in [0.05, 0.1) is 5.54 Å². The number of anilines is 1. The molecule has 0 fully saturated rings. The van der Waals surface area contributed by atoms with Gasteiger partial charge in [0.25, 0.3) is 0 Å². The normalized spacial score (nSPS) is 14.2. The zero-order valence-corrected chi connectivity index (χ0v) is 11.1. The van der Waals surface area contributed by atoms with E-state index in [-0.39, 0.29) is 5.91 Å². The third kappa shape index (κ3) is 3.56. The fourth-order valence-corrected chi connectivity index (χ4v) is 1.85. The summed E-state index contributed by atoms with van der Waals surface area (Å²) in [6.45, 7) is 7.81. The lowest BCUT2D eigenvalue weighted by atomic mass is 9.96. The standard InChI is InChI=1S/C14H22N2O/c1-5-8-14(4,15)13(17)16-12-7-6-10(2)9-11(12)3/h6-7,9H,5,8,15H2,1-4H3,(H,16,17). The van der Waals surface area contributed by atoms with Crippen molar-refractivity contribution in [3.63, 3.8) is 0 Å². The molecule has 0 heterocycles. The fraction of sp³-hybridized carbons (Fsp3) is 0.500. The van der Waals surface area contributed by atoms with Crippen LogP contribution in [0.2, 0.25) is 0 Å². The average molecular weight is 234 g/mol. The summed E-state index contributed by atoms with van der Waals surface area (Å²) in [6, 6.07) is 5.95. The van der Waals surface area contributed by atoms with Gasteiger partial charge in [-0.05, 0) is 38.8 Å². The average Bonchev–Trinajstić information content (AvgIpc) is 2.22. The lowest BCUT2D eigenvalue weighted by Crippen LogP contribution is -2.48. The van der Waals surface area contributed by atoms with Crippen molar-refractivity contribution in [1.82, 2.24) is 0 Å². The monoisotopic (exact) mass is 234 g/mol. The minimum absolute atomic E-state index is 0.119. The second-order valence-corrected chi connectivity index (χ2v) is 4.94. The molecule has 17 heavy (non-hydrogen) atoms. The van der Waals surface area contributed by atoms with Crippen LogP contribution in [-0.2, 0) is 4.79 Å². The first-order valence-electron chi connectivity index (χ1n) is 6.04. The number of hydrogen-bond donors (Lipinski definition) is 2. The van der Waals surface area contributed by atoms with Gasteiger partial charge in [0.1, 0.15) is 0 Å². The maximum Gasteiger partial charge on any atom is 0.244 e. The molecular weight excluding hydrogens is 212 g/mol. The number of carbonyl (C=O) groups is 1. The molecule has 94 valence electrons. The van der Waals surface area contributed by atoms with Gasteiger partial charge in [-0.3, -0.25) is 4.79 Å². The smallest absolute Gasteiger partial charge is 0.244 e. The van der Waals surface area contributed by atoms with E-state index in [1.54, 1.807) is 6.92 Å². The summed E-state index contributed by atoms with van der Waals surface area (Å²) in [6.07, 6.45) is 1.58. The van der Waals surface area contributed by atoms with E-state index in [0.717, 1.165) is 17.7 Å². The number of carbonyl (C=O) groups excluding carboxylic acids is 1. The van der Waals surface area contributed by atoms with Crippen molar-refractivity contribution in [3.8, 4) is 0 Å². The lowest BCUT2D eigenvalue weighted by molar-refractivity contribution is -0.120. The molecule has 0 saturated heterocycles. The van der Waals surface area contributed by atoms with Crippen LogP contribution in [0.5, 0.6) is 0 Å². The first kappa shape index (κ1) is 13.7. The van der Waals surface area contributed by atoms with Crippen molar-refractivity contribution < 1.29 is 4.79 Å². The third-order valence-electron chi connectivity index (χ3n) is 2.92. The molecule has 1 aromatic carbocycles. The topological polar surface area (TPSA) is 55.1 Å². The summed E-state index contributed by atoms with van der Waals surface area (Å²) < 4.78 is 0. The minimum atomic E-state index is -0.800. The van der Waals surface area contributed by atoms with Gasteiger partial charge in [0, 0.05) is 5.69 Å². The maximum absolute atomic E-state index is 12.0. The van der Waals surface area contributed by atoms with Crippen LogP contribution in [0, 0.1) is 13.8 Å². The summed E-state index contributed by atoms with van der Waals surface area (Å²) >= 11 is 0. The highest BCUT2D eigenvalue weighted by atomic mass is 16.2. The molecule has 3 N–H and O–H groups in total. The lowest BCUT2D eigenvalue weighted by Gasteiger charge is -2.23. The SMILES string of the molecule is CCCC(C)(N)C(=O)Nc1ccc(C)cc1C. The van der Waals surface area contributed by atoms with Gasteiger partial charge in [-0.25, -0.2) is 0 Å². The molecule has 0 aromatic heterocycles. The molecule has 0 bridgehead atoms. The predicted molar refractivity (Wildman–Crippen MR) is 72.0 cm³/mol. The van der Waals surface area contributed by atoms with E-state index < -0.39 is 5.54 Å². The van der Waals surface area contributed by atoms with E-state index in [1.807, 2.05) is 39.0 Å². The molecule has 3 heteroatoms. The molecule has 1 atom stereocenters. The van der Waals surface area contributed by atoms with Crippen molar-refractivity contribution in [2.24, 2.45) is 5.73 Å². The summed E-state index contributed by atoms with van der Waals surface area (Å²) in [5.74, 6) is -0.119. The highest BCUT2D eigenvalue weighted by molar-refractivity contribution is 5.98. The molecule has 0 aliphatic rings. The molecular formula is C14H22N2O. The highest BCUT2D eigenvalue weighted by Crippen LogP contribution is 2.18. The second kappa shape index (κ2) is 5.32. The Labute approximate surface area is 103 Å². The minimum Gasteiger partial charge on any atom is -0.324 e. The van der Waals surface area contributed by atoms with E-state index >= 15 is 0 Å². The number of amides is 1. The number of hydrogen-bond acceptors (Lipinski definition) is 2. The van der Waals surface area contributed by atoms with E-state index in [0.29, 0.717) is 6.42 Å². The van der Waals surface area contributed by atoms with Gasteiger partial charge in [-0.1, -0.05) is 31.0 Å². The van der Waals surface area contributed by atoms with Gasteiger partial charge in [-0.15, -0.1) is 0 Å². The first-order valence-corrected chi connectivity index (χ1v) is 6.04. The van der Waals surface area contributed by atoms with Gasteiger partial charge >= 0.3 is 0 Å². The van der Waals surface area contributed by atoms with E-state index in [2.05, 4.69) is 5.32 Å². The fourth-order valence-electron chi connectivity index (χ4n) is 1.85. The Morgan fingerprint density at radius 2 is 2.06 bits per heavy atom. The van der Waals surface area contributed by atoms with Crippen molar-refractivity contribution in [2.45, 2.75) is 46.1 Å². The Hall–Kier alpha value is -1.35. The molecule has 1 aromatic rings. The van der Waals surface area contributed by atoms with Crippen molar-refractivity contribution in [2.75, 3.05) is 5.32 Å². The second-order valence-electron chi connectivity index (χ2n) is 4.94. The predicted octanol–water partition coefficient (Wildman–Crippen LogP) is 2.76. The van der Waals surface area contributed by atoms with Gasteiger partial charge < -0.3 is 11.1 Å².